The van der Waals surface area contributed by atoms with Gasteiger partial charge in [0.1, 0.15) is 0 Å². The Balaban J connectivity index is 2.61. The summed E-state index contributed by atoms with van der Waals surface area (Å²) < 4.78 is 1.60. The first kappa shape index (κ1) is 11.3. The SMILES string of the molecule is CN(C)c1n[n+](C)c(-c2ccccc2)c(=O)[nH]1. The van der Waals surface area contributed by atoms with Crippen molar-refractivity contribution in [1.29, 1.82) is 0 Å². The topological polar surface area (TPSA) is 52.9 Å². The van der Waals surface area contributed by atoms with Crippen LogP contribution >= 0.6 is 0 Å². The number of hydrogen-bond acceptors (Lipinski definition) is 3. The van der Waals surface area contributed by atoms with Gasteiger partial charge in [0.2, 0.25) is 0 Å². The van der Waals surface area contributed by atoms with Gasteiger partial charge in [-0.25, -0.2) is 0 Å². The van der Waals surface area contributed by atoms with Crippen molar-refractivity contribution in [3.63, 3.8) is 0 Å². The van der Waals surface area contributed by atoms with E-state index < -0.39 is 0 Å². The molecular formula is C12H15N4O+. The molecule has 2 aromatic rings. The molecule has 0 saturated carbocycles. The number of nitrogens with one attached hydrogen (secondary N) is 1. The van der Waals surface area contributed by atoms with Gasteiger partial charge >= 0.3 is 11.3 Å². The number of H-pyrrole nitrogens is 1. The quantitative estimate of drug-likeness (QED) is 0.758. The molecule has 5 nitrogen and oxygen atoms in total. The number of nitrogens with zero attached hydrogens (tertiary/aromatic N) is 3. The monoisotopic (exact) mass is 231 g/mol. The Morgan fingerprint density at radius 1 is 1.24 bits per heavy atom. The molecular weight excluding hydrogens is 216 g/mol. The van der Waals surface area contributed by atoms with Gasteiger partial charge in [0.15, 0.2) is 7.05 Å². The molecule has 88 valence electrons. The highest BCUT2D eigenvalue weighted by atomic mass is 16.1. The molecule has 0 aliphatic carbocycles. The van der Waals surface area contributed by atoms with Gasteiger partial charge in [0, 0.05) is 19.2 Å². The Labute approximate surface area is 99.3 Å². The Bertz CT molecular complexity index is 575. The van der Waals surface area contributed by atoms with Crippen LogP contribution in [0.4, 0.5) is 5.95 Å². The normalized spacial score (nSPS) is 10.3. The van der Waals surface area contributed by atoms with Crippen LogP contribution in [0.15, 0.2) is 35.1 Å². The summed E-state index contributed by atoms with van der Waals surface area (Å²) in [4.78, 5) is 16.5. The van der Waals surface area contributed by atoms with Crippen LogP contribution in [0.2, 0.25) is 0 Å². The van der Waals surface area contributed by atoms with Gasteiger partial charge in [-0.1, -0.05) is 22.9 Å². The minimum atomic E-state index is -0.141. The summed E-state index contributed by atoms with van der Waals surface area (Å²) in [6.45, 7) is 0. The third-order valence-electron chi connectivity index (χ3n) is 2.48. The van der Waals surface area contributed by atoms with E-state index in [9.17, 15) is 4.79 Å². The molecule has 1 heterocycles. The van der Waals surface area contributed by atoms with Crippen molar-refractivity contribution in [1.82, 2.24) is 10.1 Å². The second-order valence-corrected chi connectivity index (χ2v) is 4.01. The fourth-order valence-electron chi connectivity index (χ4n) is 1.64. The molecule has 0 amide bonds. The minimum absolute atomic E-state index is 0.141. The number of aryl methyl sites for hydroxylation is 1. The molecule has 1 N–H and O–H groups in total. The van der Waals surface area contributed by atoms with Gasteiger partial charge in [-0.3, -0.25) is 9.78 Å². The molecule has 0 unspecified atom stereocenters. The van der Waals surface area contributed by atoms with Crippen molar-refractivity contribution in [2.45, 2.75) is 0 Å². The molecule has 5 heteroatoms. The van der Waals surface area contributed by atoms with Crippen LogP contribution in [0.25, 0.3) is 11.3 Å². The predicted molar refractivity (Wildman–Crippen MR) is 65.8 cm³/mol. The van der Waals surface area contributed by atoms with Crippen molar-refractivity contribution in [2.75, 3.05) is 19.0 Å². The van der Waals surface area contributed by atoms with Gasteiger partial charge in [-0.2, -0.15) is 0 Å². The summed E-state index contributed by atoms with van der Waals surface area (Å²) in [5.41, 5.74) is 1.27. The summed E-state index contributed by atoms with van der Waals surface area (Å²) in [5, 5.41) is 4.30. The lowest BCUT2D eigenvalue weighted by Gasteiger charge is -2.08. The van der Waals surface area contributed by atoms with Crippen LogP contribution in [0.5, 0.6) is 0 Å². The molecule has 1 aromatic carbocycles. The standard InChI is InChI=1S/C12H14N4O/c1-15(2)12-13-11(17)10(16(3)14-12)9-7-5-4-6-8-9/h4-8H,1-3H3/p+1. The third kappa shape index (κ3) is 2.18. The van der Waals surface area contributed by atoms with Crippen LogP contribution in [-0.4, -0.2) is 24.2 Å². The number of anilines is 1. The summed E-state index contributed by atoms with van der Waals surface area (Å²) in [5.74, 6) is 0.539. The fraction of sp³-hybridized carbons (Fsp3) is 0.250. The molecule has 0 spiro atoms. The molecule has 1 aromatic heterocycles. The van der Waals surface area contributed by atoms with Crippen molar-refractivity contribution in [3.05, 3.63) is 40.7 Å². The minimum Gasteiger partial charge on any atom is -0.344 e. The summed E-state index contributed by atoms with van der Waals surface area (Å²) in [7, 11) is 5.44. The van der Waals surface area contributed by atoms with Gasteiger partial charge in [-0.15, -0.1) is 0 Å². The van der Waals surface area contributed by atoms with Crippen molar-refractivity contribution in [3.8, 4) is 11.3 Å². The molecule has 0 radical (unpaired) electrons. The van der Waals surface area contributed by atoms with E-state index in [2.05, 4.69) is 10.1 Å². The van der Waals surface area contributed by atoms with E-state index in [1.165, 1.54) is 0 Å². The van der Waals surface area contributed by atoms with E-state index in [0.717, 1.165) is 5.56 Å². The zero-order valence-corrected chi connectivity index (χ0v) is 10.1. The van der Waals surface area contributed by atoms with Crippen molar-refractivity contribution in [2.24, 2.45) is 7.05 Å². The number of benzene rings is 1. The Kier molecular flexibility index (Phi) is 2.91. The summed E-state index contributed by atoms with van der Waals surface area (Å²) in [6.07, 6.45) is 0. The van der Waals surface area contributed by atoms with E-state index in [1.54, 1.807) is 16.6 Å². The van der Waals surface area contributed by atoms with Gasteiger partial charge < -0.3 is 4.90 Å². The van der Waals surface area contributed by atoms with Gasteiger partial charge in [-0.05, 0) is 12.1 Å². The largest absolute Gasteiger partial charge is 0.344 e. The number of hydrogen-bond donors (Lipinski definition) is 1. The highest BCUT2D eigenvalue weighted by molar-refractivity contribution is 5.54. The van der Waals surface area contributed by atoms with Crippen molar-refractivity contribution >= 4 is 5.95 Å². The second kappa shape index (κ2) is 4.37. The molecule has 0 fully saturated rings. The maximum atomic E-state index is 12.0. The fourth-order valence-corrected chi connectivity index (χ4v) is 1.64. The van der Waals surface area contributed by atoms with Crippen LogP contribution in [0, 0.1) is 0 Å². The van der Waals surface area contributed by atoms with Crippen LogP contribution < -0.4 is 15.1 Å². The molecule has 0 aliphatic rings. The molecule has 2 rings (SSSR count). The summed E-state index contributed by atoms with van der Waals surface area (Å²) >= 11 is 0. The van der Waals surface area contributed by atoms with Crippen LogP contribution in [0.1, 0.15) is 0 Å². The highest BCUT2D eigenvalue weighted by Gasteiger charge is 2.18. The Hall–Kier alpha value is -2.17. The van der Waals surface area contributed by atoms with E-state index in [-0.39, 0.29) is 5.56 Å². The van der Waals surface area contributed by atoms with Crippen LogP contribution in [-0.2, 0) is 7.05 Å². The van der Waals surface area contributed by atoms with Crippen molar-refractivity contribution < 1.29 is 4.68 Å². The first-order chi connectivity index (χ1) is 8.09. The molecule has 0 aliphatic heterocycles. The van der Waals surface area contributed by atoms with E-state index in [1.807, 2.05) is 44.4 Å². The maximum Gasteiger partial charge on any atom is 0.326 e. The van der Waals surface area contributed by atoms with E-state index >= 15 is 0 Å². The lowest BCUT2D eigenvalue weighted by molar-refractivity contribution is -0.720. The first-order valence-corrected chi connectivity index (χ1v) is 5.33. The van der Waals surface area contributed by atoms with E-state index in [4.69, 9.17) is 0 Å². The molecule has 17 heavy (non-hydrogen) atoms. The molecule has 0 saturated heterocycles. The number of aromatic nitrogens is 3. The third-order valence-corrected chi connectivity index (χ3v) is 2.48. The number of rotatable bonds is 2. The average molecular weight is 231 g/mol. The van der Waals surface area contributed by atoms with Crippen LogP contribution in [0.3, 0.4) is 0 Å². The lowest BCUT2D eigenvalue weighted by atomic mass is 10.2. The Morgan fingerprint density at radius 2 is 1.88 bits per heavy atom. The second-order valence-electron chi connectivity index (χ2n) is 4.01. The highest BCUT2D eigenvalue weighted by Crippen LogP contribution is 2.09. The summed E-state index contributed by atoms with van der Waals surface area (Å²) in [6, 6.07) is 9.49. The Morgan fingerprint density at radius 3 is 2.41 bits per heavy atom. The first-order valence-electron chi connectivity index (χ1n) is 5.33. The molecule has 0 bridgehead atoms. The smallest absolute Gasteiger partial charge is 0.326 e. The van der Waals surface area contributed by atoms with Gasteiger partial charge in [0.05, 0.1) is 5.56 Å². The maximum absolute atomic E-state index is 12.0. The zero-order valence-electron chi connectivity index (χ0n) is 10.1. The van der Waals surface area contributed by atoms with E-state index in [0.29, 0.717) is 11.6 Å². The zero-order chi connectivity index (χ0) is 12.4. The predicted octanol–water partition coefficient (Wildman–Crippen LogP) is 0.327. The average Bonchev–Trinajstić information content (AvgIpc) is 2.29. The molecule has 0 atom stereocenters. The van der Waals surface area contributed by atoms with Gasteiger partial charge in [0.25, 0.3) is 5.95 Å². The number of aromatic amines is 1. The lowest BCUT2D eigenvalue weighted by Crippen LogP contribution is -2.43.